The van der Waals surface area contributed by atoms with Gasteiger partial charge in [-0.3, -0.25) is 4.79 Å². The first kappa shape index (κ1) is 16.4. The molecule has 0 N–H and O–H groups in total. The first-order chi connectivity index (χ1) is 11.5. The molecule has 2 aromatic rings. The van der Waals surface area contributed by atoms with Crippen LogP contribution in [0.25, 0.3) is 0 Å². The summed E-state index contributed by atoms with van der Waals surface area (Å²) in [6, 6.07) is 6.10. The molecule has 0 saturated carbocycles. The van der Waals surface area contributed by atoms with Crippen molar-refractivity contribution in [2.24, 2.45) is 0 Å². The number of aryl methyl sites for hydroxylation is 2. The average Bonchev–Trinajstić information content (AvgIpc) is 3.03. The molecule has 24 heavy (non-hydrogen) atoms. The van der Waals surface area contributed by atoms with Crippen LogP contribution in [0.5, 0.6) is 0 Å². The van der Waals surface area contributed by atoms with Gasteiger partial charge in [0.25, 0.3) is 5.91 Å². The molecule has 1 amide bonds. The van der Waals surface area contributed by atoms with Crippen LogP contribution in [0, 0.1) is 32.1 Å². The molecule has 1 saturated heterocycles. The third-order valence-corrected chi connectivity index (χ3v) is 5.35. The summed E-state index contributed by atoms with van der Waals surface area (Å²) in [6.07, 6.45) is 0. The number of amides is 1. The first-order valence-electron chi connectivity index (χ1n) is 7.86. The minimum atomic E-state index is 0.0828. The molecule has 1 aliphatic rings. The number of aromatic nitrogens is 2. The Kier molecular flexibility index (Phi) is 4.49. The minimum absolute atomic E-state index is 0.0828. The number of hydrogen-bond donors (Lipinski definition) is 0. The van der Waals surface area contributed by atoms with E-state index in [0.29, 0.717) is 37.6 Å². The van der Waals surface area contributed by atoms with E-state index in [4.69, 9.17) is 0 Å². The lowest BCUT2D eigenvalue weighted by molar-refractivity contribution is 0.0751. The van der Waals surface area contributed by atoms with Crippen LogP contribution in [-0.2, 0) is 0 Å². The van der Waals surface area contributed by atoms with E-state index >= 15 is 0 Å². The van der Waals surface area contributed by atoms with Crippen molar-refractivity contribution in [1.82, 2.24) is 15.1 Å². The van der Waals surface area contributed by atoms with Crippen LogP contribution < -0.4 is 4.90 Å². The SMILES string of the molecule is Cc1ccc(C(=O)N2CCN(c3nnc(C)c(C)c3C#N)CC2)s1. The summed E-state index contributed by atoms with van der Waals surface area (Å²) in [4.78, 5) is 18.3. The van der Waals surface area contributed by atoms with E-state index in [1.54, 1.807) is 0 Å². The molecule has 0 atom stereocenters. The number of carbonyl (C=O) groups is 1. The van der Waals surface area contributed by atoms with Gasteiger partial charge in [0.1, 0.15) is 11.6 Å². The van der Waals surface area contributed by atoms with Crippen LogP contribution in [-0.4, -0.2) is 47.2 Å². The number of thiophene rings is 1. The molecule has 0 bridgehead atoms. The summed E-state index contributed by atoms with van der Waals surface area (Å²) in [6.45, 7) is 8.30. The van der Waals surface area contributed by atoms with E-state index < -0.39 is 0 Å². The molecule has 3 rings (SSSR count). The van der Waals surface area contributed by atoms with Crippen molar-refractivity contribution < 1.29 is 4.79 Å². The topological polar surface area (TPSA) is 73.1 Å². The molecule has 1 fully saturated rings. The van der Waals surface area contributed by atoms with Gasteiger partial charge >= 0.3 is 0 Å². The Morgan fingerprint density at radius 3 is 2.46 bits per heavy atom. The van der Waals surface area contributed by atoms with Crippen molar-refractivity contribution in [3.8, 4) is 6.07 Å². The highest BCUT2D eigenvalue weighted by Gasteiger charge is 2.26. The fourth-order valence-electron chi connectivity index (χ4n) is 2.78. The summed E-state index contributed by atoms with van der Waals surface area (Å²) in [5, 5.41) is 17.8. The lowest BCUT2D eigenvalue weighted by atomic mass is 10.1. The van der Waals surface area contributed by atoms with Crippen LogP contribution in [0.1, 0.15) is 31.4 Å². The quantitative estimate of drug-likeness (QED) is 0.838. The minimum Gasteiger partial charge on any atom is -0.350 e. The molecule has 0 aromatic carbocycles. The second-order valence-electron chi connectivity index (χ2n) is 5.91. The summed E-state index contributed by atoms with van der Waals surface area (Å²) in [5.74, 6) is 0.707. The van der Waals surface area contributed by atoms with Crippen LogP contribution in [0.15, 0.2) is 12.1 Å². The molecule has 7 heteroatoms. The molecule has 3 heterocycles. The predicted molar refractivity (Wildman–Crippen MR) is 93.4 cm³/mol. The average molecular weight is 341 g/mol. The molecule has 0 unspecified atom stereocenters. The second kappa shape index (κ2) is 6.57. The van der Waals surface area contributed by atoms with Crippen LogP contribution >= 0.6 is 11.3 Å². The molecule has 124 valence electrons. The maximum absolute atomic E-state index is 12.5. The standard InChI is InChI=1S/C17H19N5OS/c1-11-4-5-15(24-11)17(23)22-8-6-21(7-9-22)16-14(10-18)12(2)13(3)19-20-16/h4-5H,6-9H2,1-3H3. The molecule has 1 aliphatic heterocycles. The zero-order valence-electron chi connectivity index (χ0n) is 14.0. The summed E-state index contributed by atoms with van der Waals surface area (Å²) >= 11 is 1.53. The first-order valence-corrected chi connectivity index (χ1v) is 8.67. The van der Waals surface area contributed by atoms with E-state index in [9.17, 15) is 10.1 Å². The molecular weight excluding hydrogens is 322 g/mol. The number of nitrogens with zero attached hydrogens (tertiary/aromatic N) is 5. The van der Waals surface area contributed by atoms with Gasteiger partial charge in [-0.05, 0) is 38.5 Å². The van der Waals surface area contributed by atoms with E-state index in [-0.39, 0.29) is 5.91 Å². The molecule has 2 aromatic heterocycles. The van der Waals surface area contributed by atoms with Gasteiger partial charge in [-0.2, -0.15) is 10.4 Å². The Morgan fingerprint density at radius 1 is 1.17 bits per heavy atom. The Bertz CT molecular complexity index is 815. The largest absolute Gasteiger partial charge is 0.350 e. The molecule has 6 nitrogen and oxygen atoms in total. The van der Waals surface area contributed by atoms with Crippen LogP contribution in [0.3, 0.4) is 0 Å². The van der Waals surface area contributed by atoms with Crippen molar-refractivity contribution in [2.75, 3.05) is 31.1 Å². The number of anilines is 1. The third kappa shape index (κ3) is 2.97. The van der Waals surface area contributed by atoms with Crippen LogP contribution in [0.2, 0.25) is 0 Å². The van der Waals surface area contributed by atoms with Gasteiger partial charge in [0.2, 0.25) is 0 Å². The van der Waals surface area contributed by atoms with Gasteiger partial charge in [0.15, 0.2) is 5.82 Å². The Labute approximate surface area is 145 Å². The fraction of sp³-hybridized carbons (Fsp3) is 0.412. The van der Waals surface area contributed by atoms with Crippen molar-refractivity contribution in [3.63, 3.8) is 0 Å². The number of nitriles is 1. The Morgan fingerprint density at radius 2 is 1.88 bits per heavy atom. The Hall–Kier alpha value is -2.46. The molecular formula is C17H19N5OS. The van der Waals surface area contributed by atoms with Crippen LogP contribution in [0.4, 0.5) is 5.82 Å². The van der Waals surface area contributed by atoms with Gasteiger partial charge in [-0.15, -0.1) is 16.4 Å². The highest BCUT2D eigenvalue weighted by atomic mass is 32.1. The number of rotatable bonds is 2. The highest BCUT2D eigenvalue weighted by molar-refractivity contribution is 7.13. The fourth-order valence-corrected chi connectivity index (χ4v) is 3.61. The number of piperazine rings is 1. The third-order valence-electron chi connectivity index (χ3n) is 4.37. The summed E-state index contributed by atoms with van der Waals surface area (Å²) in [5.41, 5.74) is 2.23. The van der Waals surface area contributed by atoms with Gasteiger partial charge in [0.05, 0.1) is 10.6 Å². The van der Waals surface area contributed by atoms with E-state index in [1.165, 1.54) is 11.3 Å². The highest BCUT2D eigenvalue weighted by Crippen LogP contribution is 2.23. The maximum Gasteiger partial charge on any atom is 0.264 e. The smallest absolute Gasteiger partial charge is 0.264 e. The van der Waals surface area contributed by atoms with Crippen molar-refractivity contribution >= 4 is 23.1 Å². The van der Waals surface area contributed by atoms with Gasteiger partial charge in [-0.1, -0.05) is 0 Å². The predicted octanol–water partition coefficient (Wildman–Crippen LogP) is 2.30. The summed E-state index contributed by atoms with van der Waals surface area (Å²) < 4.78 is 0. The Balaban J connectivity index is 1.73. The molecule has 0 radical (unpaired) electrons. The normalized spacial score (nSPS) is 14.6. The number of hydrogen-bond acceptors (Lipinski definition) is 6. The second-order valence-corrected chi connectivity index (χ2v) is 7.20. The molecule has 0 spiro atoms. The van der Waals surface area contributed by atoms with Crippen molar-refractivity contribution in [1.29, 1.82) is 5.26 Å². The maximum atomic E-state index is 12.5. The van der Waals surface area contributed by atoms with E-state index in [0.717, 1.165) is 21.0 Å². The van der Waals surface area contributed by atoms with Gasteiger partial charge in [-0.25, -0.2) is 0 Å². The van der Waals surface area contributed by atoms with Crippen molar-refractivity contribution in [3.05, 3.63) is 38.7 Å². The lowest BCUT2D eigenvalue weighted by Crippen LogP contribution is -2.49. The van der Waals surface area contributed by atoms with Gasteiger partial charge in [0, 0.05) is 31.1 Å². The molecule has 0 aliphatic carbocycles. The summed E-state index contributed by atoms with van der Waals surface area (Å²) in [7, 11) is 0. The van der Waals surface area contributed by atoms with Crippen molar-refractivity contribution in [2.45, 2.75) is 20.8 Å². The van der Waals surface area contributed by atoms with E-state index in [1.807, 2.05) is 42.7 Å². The zero-order valence-corrected chi connectivity index (χ0v) is 14.9. The monoisotopic (exact) mass is 341 g/mol. The lowest BCUT2D eigenvalue weighted by Gasteiger charge is -2.35. The number of carbonyl (C=O) groups excluding carboxylic acids is 1. The van der Waals surface area contributed by atoms with Gasteiger partial charge < -0.3 is 9.80 Å². The zero-order chi connectivity index (χ0) is 17.3. The van der Waals surface area contributed by atoms with E-state index in [2.05, 4.69) is 16.3 Å².